The molecule has 0 aliphatic carbocycles. The van der Waals surface area contributed by atoms with Crippen molar-refractivity contribution >= 4 is 16.8 Å². The van der Waals surface area contributed by atoms with Crippen LogP contribution in [0.2, 0.25) is 0 Å². The maximum Gasteiger partial charge on any atom is 0.261 e. The first-order chi connectivity index (χ1) is 14.4. The monoisotopic (exact) mass is 405 g/mol. The van der Waals surface area contributed by atoms with Gasteiger partial charge in [-0.1, -0.05) is 12.1 Å². The first-order valence-electron chi connectivity index (χ1n) is 10.7. The number of fused-ring (bicyclic) bond motifs is 4. The van der Waals surface area contributed by atoms with Gasteiger partial charge in [0.25, 0.3) is 5.56 Å². The van der Waals surface area contributed by atoms with E-state index in [1.807, 2.05) is 40.8 Å². The summed E-state index contributed by atoms with van der Waals surface area (Å²) in [6.45, 7) is 7.24. The van der Waals surface area contributed by atoms with Gasteiger partial charge in [-0.05, 0) is 51.3 Å². The van der Waals surface area contributed by atoms with Crippen LogP contribution in [-0.4, -0.2) is 42.2 Å². The Hall–Kier alpha value is -2.96. The lowest BCUT2D eigenvalue weighted by atomic mass is 10.1. The molecule has 2 unspecified atom stereocenters. The number of rotatable bonds is 3. The van der Waals surface area contributed by atoms with Gasteiger partial charge in [0.15, 0.2) is 0 Å². The van der Waals surface area contributed by atoms with Crippen LogP contribution in [0.4, 0.5) is 0 Å². The van der Waals surface area contributed by atoms with Gasteiger partial charge in [0.1, 0.15) is 5.82 Å². The molecule has 4 heterocycles. The van der Waals surface area contributed by atoms with Crippen LogP contribution >= 0.6 is 0 Å². The maximum atomic E-state index is 13.2. The average Bonchev–Trinajstić information content (AvgIpc) is 3.17. The Morgan fingerprint density at radius 2 is 1.90 bits per heavy atom. The van der Waals surface area contributed by atoms with Crippen molar-refractivity contribution in [3.05, 3.63) is 57.4 Å². The van der Waals surface area contributed by atoms with Crippen molar-refractivity contribution in [1.82, 2.24) is 24.2 Å². The SMILES string of the molecule is Cc1nn(CCC(=O)N2C3CCC2Cn2c(nc4ccccc4c2=O)C3)c(C)c1C. The number of nitrogens with zero attached hydrogens (tertiary/aromatic N) is 5. The first kappa shape index (κ1) is 19.0. The summed E-state index contributed by atoms with van der Waals surface area (Å²) >= 11 is 0. The number of carbonyl (C=O) groups is 1. The Bertz CT molecular complexity index is 1210. The van der Waals surface area contributed by atoms with Gasteiger partial charge in [0.05, 0.1) is 22.6 Å². The summed E-state index contributed by atoms with van der Waals surface area (Å²) in [7, 11) is 0. The number of carbonyl (C=O) groups excluding carboxylic acids is 1. The third-order valence-electron chi connectivity index (χ3n) is 6.94. The molecule has 0 saturated carbocycles. The molecule has 2 aromatic heterocycles. The molecule has 1 aromatic carbocycles. The highest BCUT2D eigenvalue weighted by atomic mass is 16.2. The van der Waals surface area contributed by atoms with Crippen molar-refractivity contribution < 1.29 is 4.79 Å². The van der Waals surface area contributed by atoms with Crippen molar-refractivity contribution in [2.45, 2.75) is 71.6 Å². The Balaban J connectivity index is 1.40. The van der Waals surface area contributed by atoms with Crippen molar-refractivity contribution in [3.63, 3.8) is 0 Å². The molecule has 0 radical (unpaired) electrons. The third-order valence-corrected chi connectivity index (χ3v) is 6.94. The zero-order valence-electron chi connectivity index (χ0n) is 17.8. The molecule has 0 spiro atoms. The number of para-hydroxylation sites is 1. The highest BCUT2D eigenvalue weighted by Crippen LogP contribution is 2.31. The van der Waals surface area contributed by atoms with Crippen LogP contribution in [0, 0.1) is 20.8 Å². The van der Waals surface area contributed by atoms with Crippen molar-refractivity contribution in [2.24, 2.45) is 0 Å². The van der Waals surface area contributed by atoms with Crippen LogP contribution in [-0.2, 0) is 24.3 Å². The fraction of sp³-hybridized carbons (Fsp3) is 0.478. The van der Waals surface area contributed by atoms with E-state index in [4.69, 9.17) is 4.98 Å². The molecule has 5 rings (SSSR count). The second-order valence-electron chi connectivity index (χ2n) is 8.62. The molecule has 7 nitrogen and oxygen atoms in total. The standard InChI is InChI=1S/C23H27N5O2/c1-14-15(2)25-27(16(14)3)11-10-22(29)28-17-8-9-18(28)13-26-21(12-17)24-20-7-5-4-6-19(20)23(26)30/h4-7,17-18H,8-13H2,1-3H3. The van der Waals surface area contributed by atoms with Gasteiger partial charge in [0, 0.05) is 37.7 Å². The largest absolute Gasteiger partial charge is 0.334 e. The Morgan fingerprint density at radius 1 is 1.13 bits per heavy atom. The summed E-state index contributed by atoms with van der Waals surface area (Å²) in [5, 5.41) is 5.21. The summed E-state index contributed by atoms with van der Waals surface area (Å²) in [6.07, 6.45) is 2.97. The van der Waals surface area contributed by atoms with Gasteiger partial charge in [0.2, 0.25) is 5.91 Å². The lowest BCUT2D eigenvalue weighted by molar-refractivity contribution is -0.134. The molecular weight excluding hydrogens is 378 g/mol. The van der Waals surface area contributed by atoms with Crippen LogP contribution in [0.3, 0.4) is 0 Å². The minimum Gasteiger partial charge on any atom is -0.334 e. The van der Waals surface area contributed by atoms with E-state index < -0.39 is 0 Å². The van der Waals surface area contributed by atoms with Crippen LogP contribution in [0.25, 0.3) is 10.9 Å². The number of aryl methyl sites for hydroxylation is 2. The predicted octanol–water partition coefficient (Wildman–Crippen LogP) is 2.52. The van der Waals surface area contributed by atoms with Crippen molar-refractivity contribution in [1.29, 1.82) is 0 Å². The molecule has 2 bridgehead atoms. The summed E-state index contributed by atoms with van der Waals surface area (Å²) in [5.74, 6) is 0.955. The highest BCUT2D eigenvalue weighted by molar-refractivity contribution is 5.78. The molecular formula is C23H27N5O2. The van der Waals surface area contributed by atoms with E-state index in [0.29, 0.717) is 31.3 Å². The highest BCUT2D eigenvalue weighted by Gasteiger charge is 2.40. The predicted molar refractivity (Wildman–Crippen MR) is 114 cm³/mol. The van der Waals surface area contributed by atoms with Crippen molar-refractivity contribution in [3.8, 4) is 0 Å². The van der Waals surface area contributed by atoms with Gasteiger partial charge in [-0.15, -0.1) is 0 Å². The molecule has 2 aliphatic rings. The van der Waals surface area contributed by atoms with Crippen LogP contribution in [0.15, 0.2) is 29.1 Å². The topological polar surface area (TPSA) is 73.0 Å². The zero-order chi connectivity index (χ0) is 21.0. The van der Waals surface area contributed by atoms with E-state index in [1.54, 1.807) is 4.57 Å². The van der Waals surface area contributed by atoms with E-state index in [-0.39, 0.29) is 23.6 Å². The van der Waals surface area contributed by atoms with Gasteiger partial charge >= 0.3 is 0 Å². The fourth-order valence-corrected chi connectivity index (χ4v) is 5.06. The molecule has 0 N–H and O–H groups in total. The molecule has 3 aromatic rings. The zero-order valence-corrected chi connectivity index (χ0v) is 17.8. The molecule has 1 fully saturated rings. The lowest BCUT2D eigenvalue weighted by Gasteiger charge is -2.28. The van der Waals surface area contributed by atoms with Gasteiger partial charge in [-0.25, -0.2) is 4.98 Å². The number of benzene rings is 1. The average molecular weight is 406 g/mol. The number of hydrogen-bond donors (Lipinski definition) is 0. The Morgan fingerprint density at radius 3 is 2.67 bits per heavy atom. The van der Waals surface area contributed by atoms with Crippen LogP contribution in [0.5, 0.6) is 0 Å². The number of aromatic nitrogens is 4. The summed E-state index contributed by atoms with van der Waals surface area (Å²) in [5.41, 5.74) is 4.07. The first-order valence-corrected chi connectivity index (χ1v) is 10.7. The quantitative estimate of drug-likeness (QED) is 0.671. The summed E-state index contributed by atoms with van der Waals surface area (Å²) < 4.78 is 3.74. The molecule has 156 valence electrons. The fourth-order valence-electron chi connectivity index (χ4n) is 5.06. The van der Waals surface area contributed by atoms with Gasteiger partial charge in [-0.3, -0.25) is 18.8 Å². The Labute approximate surface area is 175 Å². The molecule has 1 saturated heterocycles. The Kier molecular flexibility index (Phi) is 4.49. The van der Waals surface area contributed by atoms with E-state index in [2.05, 4.69) is 18.9 Å². The van der Waals surface area contributed by atoms with E-state index in [0.717, 1.165) is 35.6 Å². The molecule has 1 amide bonds. The van der Waals surface area contributed by atoms with Gasteiger partial charge < -0.3 is 4.90 Å². The van der Waals surface area contributed by atoms with E-state index in [9.17, 15) is 9.59 Å². The van der Waals surface area contributed by atoms with E-state index >= 15 is 0 Å². The maximum absolute atomic E-state index is 13.2. The van der Waals surface area contributed by atoms with E-state index in [1.165, 1.54) is 5.56 Å². The van der Waals surface area contributed by atoms with Crippen LogP contribution < -0.4 is 5.56 Å². The second kappa shape index (κ2) is 7.07. The smallest absolute Gasteiger partial charge is 0.261 e. The lowest BCUT2D eigenvalue weighted by Crippen LogP contribution is -2.42. The molecule has 30 heavy (non-hydrogen) atoms. The molecule has 2 atom stereocenters. The minimum absolute atomic E-state index is 0.00802. The van der Waals surface area contributed by atoms with Gasteiger partial charge in [-0.2, -0.15) is 5.10 Å². The number of hydrogen-bond acceptors (Lipinski definition) is 4. The minimum atomic E-state index is 0.00802. The molecule has 7 heteroatoms. The summed E-state index contributed by atoms with van der Waals surface area (Å²) in [6, 6.07) is 7.68. The third kappa shape index (κ3) is 2.95. The normalized spacial score (nSPS) is 20.4. The second-order valence-corrected chi connectivity index (χ2v) is 8.62. The van der Waals surface area contributed by atoms with Crippen molar-refractivity contribution in [2.75, 3.05) is 0 Å². The summed E-state index contributed by atoms with van der Waals surface area (Å²) in [4.78, 5) is 33.1. The number of amides is 1. The molecule has 2 aliphatic heterocycles. The van der Waals surface area contributed by atoms with Crippen LogP contribution in [0.1, 0.15) is 42.0 Å².